The van der Waals surface area contributed by atoms with Crippen molar-refractivity contribution in [1.82, 2.24) is 10.2 Å². The number of hydrogen-bond acceptors (Lipinski definition) is 3. The van der Waals surface area contributed by atoms with Gasteiger partial charge in [-0.2, -0.15) is 5.10 Å². The molecule has 0 saturated heterocycles. The summed E-state index contributed by atoms with van der Waals surface area (Å²) in [5.41, 5.74) is 9.55. The number of nitrogens with two attached hydrogens (primary N) is 1. The van der Waals surface area contributed by atoms with Gasteiger partial charge in [0, 0.05) is 14.7 Å². The lowest BCUT2D eigenvalue weighted by Gasteiger charge is -2.06. The van der Waals surface area contributed by atoms with Crippen molar-refractivity contribution >= 4 is 34.2 Å². The van der Waals surface area contributed by atoms with Gasteiger partial charge in [0.1, 0.15) is 11.5 Å². The van der Waals surface area contributed by atoms with Crippen molar-refractivity contribution < 1.29 is 4.79 Å². The van der Waals surface area contributed by atoms with Crippen LogP contribution in [-0.4, -0.2) is 16.0 Å². The second-order valence-electron chi connectivity index (χ2n) is 5.02. The summed E-state index contributed by atoms with van der Waals surface area (Å²) in [5.74, 6) is 0.171. The van der Waals surface area contributed by atoms with E-state index in [9.17, 15) is 4.79 Å². The maximum absolute atomic E-state index is 12.8. The first-order chi connectivity index (χ1) is 10.6. The number of carbonyl (C=O) groups is 1. The molecule has 3 rings (SSSR count). The summed E-state index contributed by atoms with van der Waals surface area (Å²) in [5, 5.41) is 6.98. The lowest BCUT2D eigenvalue weighted by molar-refractivity contribution is 0.104. The van der Waals surface area contributed by atoms with Crippen LogP contribution in [0.5, 0.6) is 0 Å². The Labute approximate surface area is 141 Å². The number of ketones is 1. The molecule has 0 saturated carbocycles. The number of nitrogen functional groups attached to an aromatic ring is 1. The zero-order valence-electron chi connectivity index (χ0n) is 11.9. The van der Waals surface area contributed by atoms with Crippen molar-refractivity contribution in [2.45, 2.75) is 6.92 Å². The molecule has 0 unspecified atom stereocenters. The molecule has 0 aliphatic heterocycles. The van der Waals surface area contributed by atoms with Crippen LogP contribution in [0.2, 0.25) is 0 Å². The maximum Gasteiger partial charge on any atom is 0.199 e. The lowest BCUT2D eigenvalue weighted by Crippen LogP contribution is -2.06. The Morgan fingerprint density at radius 2 is 1.95 bits per heavy atom. The van der Waals surface area contributed by atoms with Gasteiger partial charge < -0.3 is 5.73 Å². The van der Waals surface area contributed by atoms with E-state index < -0.39 is 0 Å². The van der Waals surface area contributed by atoms with Crippen molar-refractivity contribution in [2.75, 3.05) is 5.73 Å². The van der Waals surface area contributed by atoms with Gasteiger partial charge in [-0.25, -0.2) is 0 Å². The Hall–Kier alpha value is -2.15. The number of carbonyl (C=O) groups excluding carboxylic acids is 1. The van der Waals surface area contributed by atoms with Crippen molar-refractivity contribution in [3.05, 3.63) is 68.8 Å². The smallest absolute Gasteiger partial charge is 0.199 e. The summed E-state index contributed by atoms with van der Waals surface area (Å²) in [6.45, 7) is 1.99. The molecule has 0 atom stereocenters. The highest BCUT2D eigenvalue weighted by Crippen LogP contribution is 2.29. The molecule has 5 heteroatoms. The summed E-state index contributed by atoms with van der Waals surface area (Å²) < 4.78 is 1.00. The van der Waals surface area contributed by atoms with Crippen molar-refractivity contribution in [3.63, 3.8) is 0 Å². The number of hydrogen-bond donors (Lipinski definition) is 2. The van der Waals surface area contributed by atoms with Gasteiger partial charge in [0.15, 0.2) is 5.78 Å². The van der Waals surface area contributed by atoms with Crippen molar-refractivity contribution in [2.24, 2.45) is 0 Å². The molecule has 2 aromatic carbocycles. The van der Waals surface area contributed by atoms with Gasteiger partial charge in [-0.05, 0) is 47.2 Å². The molecule has 110 valence electrons. The van der Waals surface area contributed by atoms with E-state index in [2.05, 4.69) is 32.8 Å². The second kappa shape index (κ2) is 5.92. The Morgan fingerprint density at radius 1 is 1.18 bits per heavy atom. The van der Waals surface area contributed by atoms with Crippen LogP contribution in [0.25, 0.3) is 11.3 Å². The molecule has 3 N–H and O–H groups in total. The number of aryl methyl sites for hydroxylation is 1. The molecule has 0 fully saturated rings. The topological polar surface area (TPSA) is 71.8 Å². The largest absolute Gasteiger partial charge is 0.383 e. The predicted molar refractivity (Wildman–Crippen MR) is 95.8 cm³/mol. The summed E-state index contributed by atoms with van der Waals surface area (Å²) in [4.78, 5) is 12.8. The molecule has 0 amide bonds. The minimum atomic E-state index is -0.122. The fourth-order valence-corrected chi connectivity index (χ4v) is 2.94. The number of anilines is 1. The maximum atomic E-state index is 12.8. The fraction of sp³-hybridized carbons (Fsp3) is 0.0588. The molecule has 1 heterocycles. The third-order valence-corrected chi connectivity index (χ3v) is 4.18. The van der Waals surface area contributed by atoms with Crippen LogP contribution in [0, 0.1) is 10.5 Å². The van der Waals surface area contributed by atoms with E-state index >= 15 is 0 Å². The summed E-state index contributed by atoms with van der Waals surface area (Å²) >= 11 is 2.18. The van der Waals surface area contributed by atoms with Crippen molar-refractivity contribution in [3.8, 4) is 11.3 Å². The zero-order chi connectivity index (χ0) is 15.7. The molecule has 0 bridgehead atoms. The van der Waals surface area contributed by atoms with Crippen LogP contribution in [0.3, 0.4) is 0 Å². The number of aromatic amines is 1. The Morgan fingerprint density at radius 3 is 2.68 bits per heavy atom. The third-order valence-electron chi connectivity index (χ3n) is 3.51. The molecular weight excluding hydrogens is 389 g/mol. The number of nitrogens with one attached hydrogen (secondary N) is 1. The van der Waals surface area contributed by atoms with Gasteiger partial charge in [-0.3, -0.25) is 9.89 Å². The van der Waals surface area contributed by atoms with Crippen LogP contribution >= 0.6 is 22.6 Å². The zero-order valence-corrected chi connectivity index (χ0v) is 14.1. The van der Waals surface area contributed by atoms with E-state index in [1.54, 1.807) is 6.07 Å². The van der Waals surface area contributed by atoms with Gasteiger partial charge in [-0.1, -0.05) is 36.4 Å². The van der Waals surface area contributed by atoms with E-state index in [0.717, 1.165) is 14.7 Å². The standard InChI is InChI=1S/C17H14IN3O/c1-10-5-2-3-8-13(10)15-14(17(19)21-20-15)16(22)11-6-4-7-12(18)9-11/h2-9H,1H3,(H3,19,20,21). The Kier molecular flexibility index (Phi) is 3.98. The average Bonchev–Trinajstić information content (AvgIpc) is 2.88. The quantitative estimate of drug-likeness (QED) is 0.516. The first-order valence-corrected chi connectivity index (χ1v) is 7.86. The lowest BCUT2D eigenvalue weighted by atomic mass is 9.97. The molecule has 4 nitrogen and oxygen atoms in total. The van der Waals surface area contributed by atoms with Gasteiger partial charge in [0.25, 0.3) is 0 Å². The monoisotopic (exact) mass is 403 g/mol. The van der Waals surface area contributed by atoms with Gasteiger partial charge in [0.05, 0.1) is 5.56 Å². The minimum absolute atomic E-state index is 0.122. The van der Waals surface area contributed by atoms with Crippen LogP contribution in [-0.2, 0) is 0 Å². The van der Waals surface area contributed by atoms with E-state index in [-0.39, 0.29) is 5.78 Å². The Bertz CT molecular complexity index is 855. The highest BCUT2D eigenvalue weighted by Gasteiger charge is 2.22. The highest BCUT2D eigenvalue weighted by molar-refractivity contribution is 14.1. The molecule has 0 radical (unpaired) electrons. The minimum Gasteiger partial charge on any atom is -0.383 e. The molecule has 3 aromatic rings. The van der Waals surface area contributed by atoms with Crippen LogP contribution in [0.1, 0.15) is 21.5 Å². The molecule has 0 spiro atoms. The van der Waals surface area contributed by atoms with E-state index in [0.29, 0.717) is 22.6 Å². The second-order valence-corrected chi connectivity index (χ2v) is 6.26. The van der Waals surface area contributed by atoms with Crippen LogP contribution in [0.4, 0.5) is 5.82 Å². The third kappa shape index (κ3) is 2.64. The van der Waals surface area contributed by atoms with Crippen LogP contribution in [0.15, 0.2) is 48.5 Å². The fourth-order valence-electron chi connectivity index (χ4n) is 2.39. The molecule has 0 aliphatic carbocycles. The highest BCUT2D eigenvalue weighted by atomic mass is 127. The number of H-pyrrole nitrogens is 1. The molecule has 0 aliphatic rings. The summed E-state index contributed by atoms with van der Waals surface area (Å²) in [6, 6.07) is 15.2. The van der Waals surface area contributed by atoms with E-state index in [4.69, 9.17) is 5.73 Å². The Balaban J connectivity index is 2.14. The summed E-state index contributed by atoms with van der Waals surface area (Å²) in [6.07, 6.45) is 0. The SMILES string of the molecule is Cc1ccccc1-c1n[nH]c(N)c1C(=O)c1cccc(I)c1. The molecule has 22 heavy (non-hydrogen) atoms. The van der Waals surface area contributed by atoms with Gasteiger partial charge in [-0.15, -0.1) is 0 Å². The number of aromatic nitrogens is 2. The van der Waals surface area contributed by atoms with Crippen molar-refractivity contribution in [1.29, 1.82) is 0 Å². The summed E-state index contributed by atoms with van der Waals surface area (Å²) in [7, 11) is 0. The van der Waals surface area contributed by atoms with Gasteiger partial charge in [0.2, 0.25) is 0 Å². The molecular formula is C17H14IN3O. The van der Waals surface area contributed by atoms with E-state index in [1.165, 1.54) is 0 Å². The normalized spacial score (nSPS) is 10.6. The van der Waals surface area contributed by atoms with Gasteiger partial charge >= 0.3 is 0 Å². The number of halogens is 1. The van der Waals surface area contributed by atoms with Crippen LogP contribution < -0.4 is 5.73 Å². The first-order valence-electron chi connectivity index (χ1n) is 6.78. The number of benzene rings is 2. The molecule has 1 aromatic heterocycles. The average molecular weight is 403 g/mol. The number of nitrogens with zero attached hydrogens (tertiary/aromatic N) is 1. The predicted octanol–water partition coefficient (Wildman–Crippen LogP) is 3.80. The number of rotatable bonds is 3. The van der Waals surface area contributed by atoms with E-state index in [1.807, 2.05) is 49.4 Å². The first kappa shape index (κ1) is 14.8.